The van der Waals surface area contributed by atoms with Gasteiger partial charge in [0.1, 0.15) is 28.7 Å². The molecule has 1 heterocycles. The molecular weight excluding hydrogens is 356 g/mol. The van der Waals surface area contributed by atoms with Gasteiger partial charge in [0.05, 0.1) is 0 Å². The Morgan fingerprint density at radius 3 is 2.38 bits per heavy atom. The van der Waals surface area contributed by atoms with Gasteiger partial charge in [0.25, 0.3) is 12.0 Å². The number of nitrogens with zero attached hydrogens (tertiary/aromatic N) is 1. The van der Waals surface area contributed by atoms with E-state index in [4.69, 9.17) is 5.41 Å². The lowest BCUT2D eigenvalue weighted by atomic mass is 10.1. The van der Waals surface area contributed by atoms with E-state index in [-0.39, 0.29) is 17.4 Å². The van der Waals surface area contributed by atoms with Crippen LogP contribution >= 0.6 is 0 Å². The zero-order valence-corrected chi connectivity index (χ0v) is 13.8. The van der Waals surface area contributed by atoms with Gasteiger partial charge in [-0.25, -0.2) is 13.8 Å². The molecule has 140 valence electrons. The standard InChI is InChI=1S/C16H16F4N4O2/c1-7(9-3-5-10(6-4-9)26-16(19)20)22-14-11(12(21)13(17)18)15(25)24-8(2)23-14/h3-7,13,16,21H,1-2H3,(H2,22,23,24,25). The van der Waals surface area contributed by atoms with Crippen LogP contribution in [0.4, 0.5) is 23.4 Å². The smallest absolute Gasteiger partial charge is 0.387 e. The van der Waals surface area contributed by atoms with Gasteiger partial charge >= 0.3 is 6.61 Å². The number of alkyl halides is 4. The van der Waals surface area contributed by atoms with E-state index < -0.39 is 35.9 Å². The summed E-state index contributed by atoms with van der Waals surface area (Å²) in [6, 6.07) is 5.17. The van der Waals surface area contributed by atoms with Crippen LogP contribution in [0.15, 0.2) is 29.1 Å². The Morgan fingerprint density at radius 2 is 1.85 bits per heavy atom. The van der Waals surface area contributed by atoms with Crippen molar-refractivity contribution in [3.8, 4) is 5.75 Å². The number of benzene rings is 1. The first-order chi connectivity index (χ1) is 12.2. The zero-order chi connectivity index (χ0) is 19.4. The molecule has 0 bridgehead atoms. The number of hydrogen-bond donors (Lipinski definition) is 3. The van der Waals surface area contributed by atoms with Crippen molar-refractivity contribution < 1.29 is 22.3 Å². The number of anilines is 1. The highest BCUT2D eigenvalue weighted by atomic mass is 19.3. The number of halogens is 4. The van der Waals surface area contributed by atoms with Gasteiger partial charge < -0.3 is 15.0 Å². The summed E-state index contributed by atoms with van der Waals surface area (Å²) in [5, 5.41) is 10.3. The van der Waals surface area contributed by atoms with Crippen molar-refractivity contribution in [2.75, 3.05) is 5.32 Å². The van der Waals surface area contributed by atoms with Gasteiger partial charge in [-0.15, -0.1) is 0 Å². The van der Waals surface area contributed by atoms with Crippen LogP contribution in [-0.4, -0.2) is 28.7 Å². The number of H-pyrrole nitrogens is 1. The summed E-state index contributed by atoms with van der Waals surface area (Å²) in [7, 11) is 0. The predicted molar refractivity (Wildman–Crippen MR) is 87.5 cm³/mol. The van der Waals surface area contributed by atoms with Crippen LogP contribution in [0.1, 0.15) is 29.9 Å². The molecule has 0 aliphatic rings. The van der Waals surface area contributed by atoms with Crippen LogP contribution in [-0.2, 0) is 0 Å². The molecule has 0 aliphatic carbocycles. The van der Waals surface area contributed by atoms with Crippen LogP contribution in [0.2, 0.25) is 0 Å². The average Bonchev–Trinajstić information content (AvgIpc) is 2.53. The average molecular weight is 372 g/mol. The third kappa shape index (κ3) is 4.58. The third-order valence-electron chi connectivity index (χ3n) is 3.48. The summed E-state index contributed by atoms with van der Waals surface area (Å²) in [6.07, 6.45) is -3.14. The molecule has 2 rings (SSSR count). The van der Waals surface area contributed by atoms with Gasteiger partial charge in [0, 0.05) is 6.04 Å². The van der Waals surface area contributed by atoms with Gasteiger partial charge in [-0.3, -0.25) is 10.2 Å². The Bertz CT molecular complexity index is 837. The minimum absolute atomic E-state index is 0.0266. The second-order valence-corrected chi connectivity index (χ2v) is 5.40. The fourth-order valence-electron chi connectivity index (χ4n) is 2.28. The lowest BCUT2D eigenvalue weighted by Crippen LogP contribution is -2.27. The zero-order valence-electron chi connectivity index (χ0n) is 13.8. The molecule has 1 atom stereocenters. The van der Waals surface area contributed by atoms with E-state index in [0.717, 1.165) is 0 Å². The fraction of sp³-hybridized carbons (Fsp3) is 0.312. The summed E-state index contributed by atoms with van der Waals surface area (Å²) in [5.41, 5.74) is -1.93. The van der Waals surface area contributed by atoms with E-state index in [1.165, 1.54) is 31.2 Å². The molecule has 1 aromatic carbocycles. The molecule has 0 fully saturated rings. The van der Waals surface area contributed by atoms with E-state index in [1.807, 2.05) is 0 Å². The lowest BCUT2D eigenvalue weighted by molar-refractivity contribution is -0.0498. The van der Waals surface area contributed by atoms with Crippen LogP contribution in [0.5, 0.6) is 5.75 Å². The summed E-state index contributed by atoms with van der Waals surface area (Å²) >= 11 is 0. The highest BCUT2D eigenvalue weighted by Gasteiger charge is 2.23. The van der Waals surface area contributed by atoms with Crippen molar-refractivity contribution in [1.82, 2.24) is 9.97 Å². The molecule has 0 saturated heterocycles. The molecule has 10 heteroatoms. The van der Waals surface area contributed by atoms with Gasteiger partial charge in [0.2, 0.25) is 0 Å². The van der Waals surface area contributed by atoms with E-state index in [0.29, 0.717) is 5.56 Å². The molecule has 3 N–H and O–H groups in total. The van der Waals surface area contributed by atoms with Gasteiger partial charge in [-0.2, -0.15) is 8.78 Å². The number of ether oxygens (including phenoxy) is 1. The van der Waals surface area contributed by atoms with Crippen molar-refractivity contribution in [3.63, 3.8) is 0 Å². The molecule has 2 aromatic rings. The monoisotopic (exact) mass is 372 g/mol. The van der Waals surface area contributed by atoms with Gasteiger partial charge in [0.15, 0.2) is 0 Å². The van der Waals surface area contributed by atoms with Crippen molar-refractivity contribution in [2.24, 2.45) is 0 Å². The number of hydrogen-bond acceptors (Lipinski definition) is 5. The van der Waals surface area contributed by atoms with Gasteiger partial charge in [-0.05, 0) is 31.5 Å². The molecule has 0 spiro atoms. The molecule has 0 radical (unpaired) electrons. The molecular formula is C16H16F4N4O2. The number of aromatic nitrogens is 2. The molecule has 6 nitrogen and oxygen atoms in total. The van der Waals surface area contributed by atoms with Crippen LogP contribution in [0.3, 0.4) is 0 Å². The van der Waals surface area contributed by atoms with E-state index in [9.17, 15) is 22.4 Å². The first kappa shape index (κ1) is 19.4. The molecule has 26 heavy (non-hydrogen) atoms. The fourth-order valence-corrected chi connectivity index (χ4v) is 2.28. The number of aryl methyl sites for hydroxylation is 1. The van der Waals surface area contributed by atoms with Crippen molar-refractivity contribution >= 4 is 11.5 Å². The van der Waals surface area contributed by atoms with Crippen LogP contribution < -0.4 is 15.6 Å². The Morgan fingerprint density at radius 1 is 1.23 bits per heavy atom. The minimum Gasteiger partial charge on any atom is -0.435 e. The predicted octanol–water partition coefficient (Wildman–Crippen LogP) is 3.49. The summed E-state index contributed by atoms with van der Waals surface area (Å²) < 4.78 is 54.3. The summed E-state index contributed by atoms with van der Waals surface area (Å²) in [6.45, 7) is 0.197. The van der Waals surface area contributed by atoms with Crippen LogP contribution in [0, 0.1) is 12.3 Å². The number of rotatable bonds is 7. The molecule has 0 saturated carbocycles. The Labute approximate surface area is 145 Å². The van der Waals surface area contributed by atoms with E-state index >= 15 is 0 Å². The first-order valence-electron chi connectivity index (χ1n) is 7.48. The maximum Gasteiger partial charge on any atom is 0.387 e. The Hall–Kier alpha value is -2.91. The second kappa shape index (κ2) is 7.98. The SMILES string of the molecule is Cc1nc(NC(C)c2ccc(OC(F)F)cc2)c(C(=N)C(F)F)c(=O)[nH]1. The normalized spacial score (nSPS) is 12.3. The largest absolute Gasteiger partial charge is 0.435 e. The maximum absolute atomic E-state index is 12.9. The molecule has 1 unspecified atom stereocenters. The highest BCUT2D eigenvalue weighted by molar-refractivity contribution is 6.04. The molecule has 0 aliphatic heterocycles. The van der Waals surface area contributed by atoms with Crippen molar-refractivity contribution in [1.29, 1.82) is 5.41 Å². The Balaban J connectivity index is 2.29. The summed E-state index contributed by atoms with van der Waals surface area (Å²) in [4.78, 5) is 18.3. The molecule has 1 aromatic heterocycles. The first-order valence-corrected chi connectivity index (χ1v) is 7.48. The highest BCUT2D eigenvalue weighted by Crippen LogP contribution is 2.23. The van der Waals surface area contributed by atoms with Crippen molar-refractivity contribution in [3.05, 3.63) is 51.6 Å². The second-order valence-electron chi connectivity index (χ2n) is 5.40. The minimum atomic E-state index is -3.14. The van der Waals surface area contributed by atoms with Crippen LogP contribution in [0.25, 0.3) is 0 Å². The topological polar surface area (TPSA) is 90.9 Å². The van der Waals surface area contributed by atoms with E-state index in [1.54, 1.807) is 6.92 Å². The molecule has 0 amide bonds. The van der Waals surface area contributed by atoms with E-state index in [2.05, 4.69) is 20.0 Å². The Kier molecular flexibility index (Phi) is 5.96. The third-order valence-corrected chi connectivity index (χ3v) is 3.48. The number of nitrogens with one attached hydrogen (secondary N) is 3. The van der Waals surface area contributed by atoms with Crippen molar-refractivity contribution in [2.45, 2.75) is 32.9 Å². The quantitative estimate of drug-likeness (QED) is 0.513. The van der Waals surface area contributed by atoms with Gasteiger partial charge in [-0.1, -0.05) is 12.1 Å². The maximum atomic E-state index is 12.9. The lowest BCUT2D eigenvalue weighted by Gasteiger charge is -2.18. The summed E-state index contributed by atoms with van der Waals surface area (Å²) in [5.74, 6) is 0.00870. The number of aromatic amines is 1.